The summed E-state index contributed by atoms with van der Waals surface area (Å²) in [5.41, 5.74) is 9.66. The fraction of sp³-hybridized carbons (Fsp3) is 0.200. The molecule has 0 atom stereocenters. The number of nitrogens with two attached hydrogens (primary N) is 1. The highest BCUT2D eigenvalue weighted by Gasteiger charge is 2.23. The number of aromatic amines is 4. The Morgan fingerprint density at radius 1 is 0.688 bits per heavy atom. The molecule has 12 N–H and O–H groups in total. The smallest absolute Gasteiger partial charge is 0.272 e. The first-order chi connectivity index (χ1) is 22.7. The SMILES string of the molecule is C=C(Br)C(=O)Nc1c[nH]c(C(=O)Nc2c[nH]c(C(=O)Nc3c[nH]c(C(=O)Nc4c[nH]c(C(=O)NCCC(N)=NO)c4C)c3C)c2C)c1C. The average molecular weight is 725 g/mol. The third kappa shape index (κ3) is 7.49. The number of amidine groups is 1. The van der Waals surface area contributed by atoms with E-state index in [9.17, 15) is 24.0 Å². The largest absolute Gasteiger partial charge is 0.409 e. The van der Waals surface area contributed by atoms with Gasteiger partial charge < -0.3 is 57.5 Å². The van der Waals surface area contributed by atoms with Crippen molar-refractivity contribution in [1.29, 1.82) is 0 Å². The lowest BCUT2D eigenvalue weighted by molar-refractivity contribution is -0.112. The molecule has 0 aromatic carbocycles. The number of rotatable bonds is 12. The van der Waals surface area contributed by atoms with E-state index in [0.29, 0.717) is 45.0 Å². The first-order valence-electron chi connectivity index (χ1n) is 14.3. The molecule has 252 valence electrons. The second kappa shape index (κ2) is 14.6. The van der Waals surface area contributed by atoms with Crippen LogP contribution >= 0.6 is 15.9 Å². The number of anilines is 4. The van der Waals surface area contributed by atoms with Crippen LogP contribution in [0.1, 0.15) is 70.6 Å². The second-order valence-electron chi connectivity index (χ2n) is 10.6. The molecule has 5 amide bonds. The van der Waals surface area contributed by atoms with Crippen LogP contribution in [0, 0.1) is 27.7 Å². The van der Waals surface area contributed by atoms with Crippen LogP contribution < -0.4 is 32.3 Å². The van der Waals surface area contributed by atoms with Crippen LogP contribution in [0.4, 0.5) is 22.7 Å². The Morgan fingerprint density at radius 3 is 1.35 bits per heavy atom. The average Bonchev–Trinajstić information content (AvgIpc) is 3.80. The Bertz CT molecular complexity index is 1960. The molecular weight excluding hydrogens is 690 g/mol. The summed E-state index contributed by atoms with van der Waals surface area (Å²) in [6.07, 6.45) is 6.08. The highest BCUT2D eigenvalue weighted by Crippen LogP contribution is 2.26. The molecule has 48 heavy (non-hydrogen) atoms. The van der Waals surface area contributed by atoms with Crippen molar-refractivity contribution in [3.8, 4) is 0 Å². The molecule has 0 radical (unpaired) electrons. The van der Waals surface area contributed by atoms with Gasteiger partial charge in [0.2, 0.25) is 0 Å². The van der Waals surface area contributed by atoms with Crippen LogP contribution in [0.3, 0.4) is 0 Å². The summed E-state index contributed by atoms with van der Waals surface area (Å²) in [5, 5.41) is 25.0. The number of aromatic nitrogens is 4. The van der Waals surface area contributed by atoms with Gasteiger partial charge in [0.1, 0.15) is 28.6 Å². The van der Waals surface area contributed by atoms with Crippen molar-refractivity contribution < 1.29 is 29.2 Å². The van der Waals surface area contributed by atoms with Crippen molar-refractivity contribution in [2.24, 2.45) is 10.9 Å². The van der Waals surface area contributed by atoms with E-state index in [1.165, 1.54) is 24.8 Å². The fourth-order valence-electron chi connectivity index (χ4n) is 4.63. The minimum atomic E-state index is -0.512. The number of nitrogens with one attached hydrogen (secondary N) is 9. The number of hydrogen-bond donors (Lipinski definition) is 11. The monoisotopic (exact) mass is 723 g/mol. The lowest BCUT2D eigenvalue weighted by Crippen LogP contribution is -2.28. The quantitative estimate of drug-likeness (QED) is 0.0339. The third-order valence-corrected chi connectivity index (χ3v) is 7.86. The zero-order valence-corrected chi connectivity index (χ0v) is 27.9. The summed E-state index contributed by atoms with van der Waals surface area (Å²) in [6, 6.07) is 0. The number of nitrogens with zero attached hydrogens (tertiary/aromatic N) is 1. The van der Waals surface area contributed by atoms with Gasteiger partial charge in [0, 0.05) is 60.0 Å². The maximum absolute atomic E-state index is 13.2. The van der Waals surface area contributed by atoms with Gasteiger partial charge in [0.05, 0.1) is 27.2 Å². The van der Waals surface area contributed by atoms with Gasteiger partial charge in [0.25, 0.3) is 29.5 Å². The van der Waals surface area contributed by atoms with Crippen LogP contribution in [-0.2, 0) is 4.79 Å². The van der Waals surface area contributed by atoms with Crippen molar-refractivity contribution in [1.82, 2.24) is 25.3 Å². The van der Waals surface area contributed by atoms with Crippen LogP contribution in [0.5, 0.6) is 0 Å². The maximum Gasteiger partial charge on any atom is 0.272 e. The third-order valence-electron chi connectivity index (χ3n) is 7.50. The Hall–Kier alpha value is -6.04. The van der Waals surface area contributed by atoms with Gasteiger partial charge >= 0.3 is 0 Å². The molecule has 0 saturated carbocycles. The molecule has 18 heteroatoms. The molecule has 0 spiro atoms. The Kier molecular flexibility index (Phi) is 10.6. The van der Waals surface area contributed by atoms with Crippen molar-refractivity contribution in [2.45, 2.75) is 34.1 Å². The van der Waals surface area contributed by atoms with Crippen LogP contribution in [0.2, 0.25) is 0 Å². The van der Waals surface area contributed by atoms with Gasteiger partial charge in [-0.05, 0) is 43.6 Å². The molecule has 0 aliphatic heterocycles. The molecular formula is C30H34BrN11O6. The van der Waals surface area contributed by atoms with E-state index >= 15 is 0 Å². The zero-order valence-electron chi connectivity index (χ0n) is 26.3. The Labute approximate surface area is 281 Å². The minimum Gasteiger partial charge on any atom is -0.409 e. The number of carbonyl (C=O) groups excluding carboxylic acids is 5. The van der Waals surface area contributed by atoms with E-state index in [4.69, 9.17) is 10.9 Å². The normalized spacial score (nSPS) is 11.1. The molecule has 0 unspecified atom stereocenters. The fourth-order valence-corrected chi connectivity index (χ4v) is 4.73. The molecule has 4 aromatic rings. The predicted octanol–water partition coefficient (Wildman–Crippen LogP) is 3.70. The first kappa shape index (κ1) is 34.8. The molecule has 0 bridgehead atoms. The second-order valence-corrected chi connectivity index (χ2v) is 11.6. The summed E-state index contributed by atoms with van der Waals surface area (Å²) in [5.74, 6) is -2.41. The lowest BCUT2D eigenvalue weighted by Gasteiger charge is -2.08. The number of H-pyrrole nitrogens is 4. The molecule has 4 rings (SSSR count). The van der Waals surface area contributed by atoms with E-state index in [-0.39, 0.29) is 46.1 Å². The van der Waals surface area contributed by atoms with E-state index in [2.05, 4.69) is 74.2 Å². The molecule has 0 aliphatic carbocycles. The molecule has 4 heterocycles. The summed E-state index contributed by atoms with van der Waals surface area (Å²) >= 11 is 3.01. The Balaban J connectivity index is 1.39. The summed E-state index contributed by atoms with van der Waals surface area (Å²) in [4.78, 5) is 75.1. The van der Waals surface area contributed by atoms with E-state index in [0.717, 1.165) is 0 Å². The van der Waals surface area contributed by atoms with E-state index in [1.54, 1.807) is 27.7 Å². The highest BCUT2D eigenvalue weighted by molar-refractivity contribution is 9.12. The molecule has 4 aromatic heterocycles. The van der Waals surface area contributed by atoms with Gasteiger partial charge in [0.15, 0.2) is 0 Å². The van der Waals surface area contributed by atoms with Gasteiger partial charge in [-0.2, -0.15) is 0 Å². The van der Waals surface area contributed by atoms with Crippen molar-refractivity contribution in [3.63, 3.8) is 0 Å². The number of hydrogen-bond acceptors (Lipinski definition) is 7. The first-order valence-corrected chi connectivity index (χ1v) is 15.1. The lowest BCUT2D eigenvalue weighted by atomic mass is 10.2. The minimum absolute atomic E-state index is 0.0231. The maximum atomic E-state index is 13.2. The van der Waals surface area contributed by atoms with Gasteiger partial charge in [-0.25, -0.2) is 0 Å². The molecule has 0 fully saturated rings. The van der Waals surface area contributed by atoms with Gasteiger partial charge in [-0.1, -0.05) is 11.7 Å². The number of halogens is 1. The van der Waals surface area contributed by atoms with Crippen LogP contribution in [0.15, 0.2) is 41.0 Å². The molecule has 0 aliphatic rings. The highest BCUT2D eigenvalue weighted by atomic mass is 79.9. The number of carbonyl (C=O) groups is 5. The van der Waals surface area contributed by atoms with Crippen LogP contribution in [-0.4, -0.2) is 67.1 Å². The standard InChI is InChI=1S/C30H34BrN11O6/c1-12-18(9-34-22(12)27(44)33-7-6-21(32)42-48)39-29(46)24-14(3)20(11-36-24)41-30(47)25-15(4)19(10-37-25)40-28(45)23-13(2)17(8-35-23)38-26(43)16(5)31/h8-11,34-37,48H,5-7H2,1-4H3,(H2,32,42)(H,33,44)(H,38,43)(H,39,46)(H,40,45)(H,41,47). The topological polar surface area (TPSA) is 267 Å². The van der Waals surface area contributed by atoms with Crippen molar-refractivity contribution >= 4 is 74.1 Å². The predicted molar refractivity (Wildman–Crippen MR) is 183 cm³/mol. The van der Waals surface area contributed by atoms with Crippen molar-refractivity contribution in [2.75, 3.05) is 27.8 Å². The van der Waals surface area contributed by atoms with Gasteiger partial charge in [-0.3, -0.25) is 24.0 Å². The summed E-state index contributed by atoms with van der Waals surface area (Å²) in [6.45, 7) is 10.3. The number of amides is 5. The van der Waals surface area contributed by atoms with Crippen molar-refractivity contribution in [3.05, 3.63) is 80.9 Å². The van der Waals surface area contributed by atoms with Crippen LogP contribution in [0.25, 0.3) is 0 Å². The zero-order chi connectivity index (χ0) is 35.3. The number of oxime groups is 1. The Morgan fingerprint density at radius 2 is 1.02 bits per heavy atom. The summed E-state index contributed by atoms with van der Waals surface area (Å²) < 4.78 is 0.136. The summed E-state index contributed by atoms with van der Waals surface area (Å²) in [7, 11) is 0. The van der Waals surface area contributed by atoms with E-state index < -0.39 is 29.5 Å². The van der Waals surface area contributed by atoms with E-state index in [1.807, 2.05) is 0 Å². The molecule has 17 nitrogen and oxygen atoms in total. The van der Waals surface area contributed by atoms with Gasteiger partial charge in [-0.15, -0.1) is 0 Å². The molecule has 0 saturated heterocycles.